The number of hydrogen-bond acceptors (Lipinski definition) is 4. The highest BCUT2D eigenvalue weighted by atomic mass is 16.5. The lowest BCUT2D eigenvalue weighted by atomic mass is 9.71. The molecular weight excluding hydrogens is 374 g/mol. The van der Waals surface area contributed by atoms with E-state index in [1.54, 1.807) is 0 Å². The Morgan fingerprint density at radius 3 is 2.77 bits per heavy atom. The number of fused-ring (bicyclic) bond motifs is 4. The molecule has 156 valence electrons. The van der Waals surface area contributed by atoms with Crippen LogP contribution in [0.15, 0.2) is 36.4 Å². The summed E-state index contributed by atoms with van der Waals surface area (Å²) in [7, 11) is 0. The Morgan fingerprint density at radius 2 is 2.03 bits per heavy atom. The van der Waals surface area contributed by atoms with E-state index in [2.05, 4.69) is 38.0 Å². The predicted octanol–water partition coefficient (Wildman–Crippen LogP) is 4.80. The van der Waals surface area contributed by atoms with Gasteiger partial charge in [-0.2, -0.15) is 0 Å². The largest absolute Gasteiger partial charge is 0.492 e. The van der Waals surface area contributed by atoms with Crippen molar-refractivity contribution in [1.29, 1.82) is 5.41 Å². The van der Waals surface area contributed by atoms with E-state index in [-0.39, 0.29) is 11.2 Å². The molecule has 2 aromatic carbocycles. The first-order chi connectivity index (χ1) is 14.4. The van der Waals surface area contributed by atoms with Gasteiger partial charge in [0.05, 0.1) is 5.56 Å². The number of carbonyl (C=O) groups is 1. The zero-order chi connectivity index (χ0) is 21.5. The molecule has 0 radical (unpaired) electrons. The molecule has 0 saturated carbocycles. The van der Waals surface area contributed by atoms with Crippen molar-refractivity contribution in [3.05, 3.63) is 64.3 Å². The van der Waals surface area contributed by atoms with Crippen LogP contribution in [0.1, 0.15) is 66.9 Å². The van der Waals surface area contributed by atoms with Gasteiger partial charge in [-0.3, -0.25) is 4.79 Å². The third kappa shape index (κ3) is 3.33. The quantitative estimate of drug-likeness (QED) is 0.392. The smallest absolute Gasteiger partial charge is 0.195 e. The van der Waals surface area contributed by atoms with E-state index in [0.29, 0.717) is 12.6 Å². The molecule has 0 bridgehead atoms. The van der Waals surface area contributed by atoms with Gasteiger partial charge in [-0.05, 0) is 48.7 Å². The summed E-state index contributed by atoms with van der Waals surface area (Å²) >= 11 is 0. The number of aromatic nitrogens is 1. The van der Waals surface area contributed by atoms with Crippen molar-refractivity contribution in [3.63, 3.8) is 0 Å². The highest BCUT2D eigenvalue weighted by molar-refractivity contribution is 6.20. The summed E-state index contributed by atoms with van der Waals surface area (Å²) in [5, 5.41) is 11.8. The van der Waals surface area contributed by atoms with Crippen LogP contribution in [-0.4, -0.2) is 36.2 Å². The number of hydrogen-bond donors (Lipinski definition) is 3. The third-order valence-corrected chi connectivity index (χ3v) is 6.23. The highest BCUT2D eigenvalue weighted by Crippen LogP contribution is 2.44. The number of ketones is 1. The normalized spacial score (nSPS) is 15.5. The third-order valence-electron chi connectivity index (χ3n) is 6.23. The van der Waals surface area contributed by atoms with Gasteiger partial charge in [-0.15, -0.1) is 0 Å². The standard InChI is InChI=1S/C25H29N3O2/c1-5-15(2)27-10-11-30-17-7-9-18-20(13-17)25(3,4)24-22(23(18)29)19-8-6-16(14-26)12-21(19)28-24/h6-9,12-15,26-28H,5,10-11H2,1-4H3. The Labute approximate surface area is 177 Å². The van der Waals surface area contributed by atoms with Gasteiger partial charge in [0.2, 0.25) is 0 Å². The van der Waals surface area contributed by atoms with Crippen LogP contribution in [0, 0.1) is 5.41 Å². The predicted molar refractivity (Wildman–Crippen MR) is 121 cm³/mol. The van der Waals surface area contributed by atoms with E-state index in [9.17, 15) is 4.79 Å². The maximum atomic E-state index is 13.4. The number of aromatic amines is 1. The van der Waals surface area contributed by atoms with Gasteiger partial charge in [0.15, 0.2) is 5.78 Å². The van der Waals surface area contributed by atoms with E-state index in [1.165, 1.54) is 6.21 Å². The minimum atomic E-state index is -0.364. The van der Waals surface area contributed by atoms with Gasteiger partial charge in [0.25, 0.3) is 0 Å². The second kappa shape index (κ2) is 7.73. The summed E-state index contributed by atoms with van der Waals surface area (Å²) in [4.78, 5) is 16.9. The molecule has 1 aromatic heterocycles. The fourth-order valence-corrected chi connectivity index (χ4v) is 4.23. The molecule has 0 aliphatic heterocycles. The minimum absolute atomic E-state index is 0.0400. The minimum Gasteiger partial charge on any atom is -0.492 e. The van der Waals surface area contributed by atoms with Crippen LogP contribution in [0.25, 0.3) is 10.9 Å². The maximum Gasteiger partial charge on any atom is 0.195 e. The van der Waals surface area contributed by atoms with Crippen LogP contribution in [-0.2, 0) is 5.41 Å². The molecule has 0 amide bonds. The molecular formula is C25H29N3O2. The van der Waals surface area contributed by atoms with Crippen LogP contribution in [0.4, 0.5) is 0 Å². The molecule has 3 aromatic rings. The molecule has 4 rings (SSSR count). The fourth-order valence-electron chi connectivity index (χ4n) is 4.23. The van der Waals surface area contributed by atoms with E-state index in [1.807, 2.05) is 36.4 Å². The zero-order valence-electron chi connectivity index (χ0n) is 18.1. The Kier molecular flexibility index (Phi) is 5.24. The number of rotatable bonds is 7. The van der Waals surface area contributed by atoms with Crippen molar-refractivity contribution in [2.45, 2.75) is 45.6 Å². The monoisotopic (exact) mass is 403 g/mol. The Morgan fingerprint density at radius 1 is 1.23 bits per heavy atom. The van der Waals surface area contributed by atoms with E-state index >= 15 is 0 Å². The maximum absolute atomic E-state index is 13.4. The molecule has 1 heterocycles. The molecule has 0 saturated heterocycles. The first-order valence-corrected chi connectivity index (χ1v) is 10.6. The number of ether oxygens (including phenoxy) is 1. The molecule has 30 heavy (non-hydrogen) atoms. The van der Waals surface area contributed by atoms with Gasteiger partial charge < -0.3 is 20.4 Å². The van der Waals surface area contributed by atoms with Crippen molar-refractivity contribution >= 4 is 22.9 Å². The molecule has 5 nitrogen and oxygen atoms in total. The molecule has 3 N–H and O–H groups in total. The van der Waals surface area contributed by atoms with Crippen LogP contribution in [0.2, 0.25) is 0 Å². The lowest BCUT2D eigenvalue weighted by Gasteiger charge is -2.32. The summed E-state index contributed by atoms with van der Waals surface area (Å²) < 4.78 is 5.96. The molecule has 1 aliphatic rings. The van der Waals surface area contributed by atoms with Crippen LogP contribution < -0.4 is 10.1 Å². The van der Waals surface area contributed by atoms with Crippen LogP contribution >= 0.6 is 0 Å². The highest BCUT2D eigenvalue weighted by Gasteiger charge is 2.39. The Bertz CT molecular complexity index is 1130. The van der Waals surface area contributed by atoms with Crippen molar-refractivity contribution in [1.82, 2.24) is 10.3 Å². The van der Waals surface area contributed by atoms with E-state index in [0.717, 1.165) is 57.6 Å². The van der Waals surface area contributed by atoms with Gasteiger partial charge >= 0.3 is 0 Å². The SMILES string of the molecule is CCC(C)NCCOc1ccc2c(c1)C(C)(C)c1[nH]c3cc(C=N)ccc3c1C2=O. The Hall–Kier alpha value is -2.92. The molecule has 1 atom stereocenters. The average molecular weight is 404 g/mol. The van der Waals surface area contributed by atoms with Gasteiger partial charge in [-0.1, -0.05) is 32.9 Å². The van der Waals surface area contributed by atoms with Crippen molar-refractivity contribution < 1.29 is 9.53 Å². The molecule has 5 heteroatoms. The summed E-state index contributed by atoms with van der Waals surface area (Å²) in [5.74, 6) is 0.824. The summed E-state index contributed by atoms with van der Waals surface area (Å²) in [6.45, 7) is 9.97. The number of carbonyl (C=O) groups excluding carboxylic acids is 1. The first-order valence-electron chi connectivity index (χ1n) is 10.6. The lowest BCUT2D eigenvalue weighted by Crippen LogP contribution is -2.31. The van der Waals surface area contributed by atoms with Crippen molar-refractivity contribution in [2.24, 2.45) is 0 Å². The summed E-state index contributed by atoms with van der Waals surface area (Å²) in [6.07, 6.45) is 2.41. The number of H-pyrrole nitrogens is 1. The average Bonchev–Trinajstić information content (AvgIpc) is 3.15. The molecule has 1 unspecified atom stereocenters. The van der Waals surface area contributed by atoms with Crippen LogP contribution in [0.5, 0.6) is 5.75 Å². The summed E-state index contributed by atoms with van der Waals surface area (Å²) in [6, 6.07) is 12.0. The second-order valence-corrected chi connectivity index (χ2v) is 8.60. The van der Waals surface area contributed by atoms with E-state index < -0.39 is 0 Å². The van der Waals surface area contributed by atoms with Gasteiger partial charge in [-0.25, -0.2) is 0 Å². The zero-order valence-corrected chi connectivity index (χ0v) is 18.1. The molecule has 0 fully saturated rings. The first kappa shape index (κ1) is 20.4. The fraction of sp³-hybridized carbons (Fsp3) is 0.360. The molecule has 1 aliphatic carbocycles. The van der Waals surface area contributed by atoms with Crippen LogP contribution in [0.3, 0.4) is 0 Å². The van der Waals surface area contributed by atoms with Gasteiger partial charge in [0.1, 0.15) is 12.4 Å². The number of nitrogens with one attached hydrogen (secondary N) is 3. The number of benzene rings is 2. The topological polar surface area (TPSA) is 78.0 Å². The van der Waals surface area contributed by atoms with Crippen molar-refractivity contribution in [2.75, 3.05) is 13.2 Å². The molecule has 0 spiro atoms. The van der Waals surface area contributed by atoms with Crippen molar-refractivity contribution in [3.8, 4) is 5.75 Å². The van der Waals surface area contributed by atoms with E-state index in [4.69, 9.17) is 10.1 Å². The van der Waals surface area contributed by atoms with Gasteiger partial charge in [0, 0.05) is 46.4 Å². The summed E-state index contributed by atoms with van der Waals surface area (Å²) in [5.41, 5.74) is 4.71. The second-order valence-electron chi connectivity index (χ2n) is 8.60. The Balaban J connectivity index is 1.68. The lowest BCUT2D eigenvalue weighted by molar-refractivity contribution is 0.103.